The minimum absolute atomic E-state index is 0.205. The Balaban J connectivity index is 2.09. The van der Waals surface area contributed by atoms with E-state index in [0.717, 1.165) is 4.88 Å². The van der Waals surface area contributed by atoms with Crippen molar-refractivity contribution >= 4 is 35.8 Å². The Morgan fingerprint density at radius 2 is 1.92 bits per heavy atom. The number of nitrogens with zero attached hydrogens (tertiary/aromatic N) is 1. The number of nitrogens with one attached hydrogen (secondary N) is 1. The molecule has 1 aliphatic rings. The fraction of sp³-hybridized carbons (Fsp3) is 0.647. The Bertz CT molecular complexity index is 678. The quantitative estimate of drug-likeness (QED) is 0.775. The van der Waals surface area contributed by atoms with E-state index in [1.807, 2.05) is 27.7 Å². The summed E-state index contributed by atoms with van der Waals surface area (Å²) >= 11 is 1.27. The van der Waals surface area contributed by atoms with Gasteiger partial charge in [0, 0.05) is 11.1 Å². The van der Waals surface area contributed by atoms with E-state index in [4.69, 9.17) is 14.0 Å². The summed E-state index contributed by atoms with van der Waals surface area (Å²) < 4.78 is 17.1. The molecule has 1 amide bonds. The number of hydrogen-bond acceptors (Lipinski definition) is 7. The number of thiazole rings is 1. The number of carbonyl (C=O) groups excluding carboxylic acids is 1. The van der Waals surface area contributed by atoms with Crippen molar-refractivity contribution in [3.05, 3.63) is 16.5 Å². The highest BCUT2D eigenvalue weighted by Crippen LogP contribution is 2.39. The van der Waals surface area contributed by atoms with Gasteiger partial charge in [-0.05, 0) is 60.0 Å². The van der Waals surface area contributed by atoms with Crippen LogP contribution in [0.1, 0.15) is 53.3 Å². The highest BCUT2D eigenvalue weighted by molar-refractivity contribution is 7.16. The molecule has 0 aromatic carbocycles. The first-order chi connectivity index (χ1) is 11.8. The summed E-state index contributed by atoms with van der Waals surface area (Å²) in [6, 6.07) is 0. The monoisotopic (exact) mass is 382 g/mol. The van der Waals surface area contributed by atoms with Crippen molar-refractivity contribution in [3.8, 4) is 0 Å². The largest absolute Gasteiger partial charge is 0.492 e. The fourth-order valence-corrected chi connectivity index (χ4v) is 2.95. The average molecular weight is 382 g/mol. The van der Waals surface area contributed by atoms with Crippen LogP contribution in [-0.2, 0) is 14.0 Å². The van der Waals surface area contributed by atoms with Crippen LogP contribution >= 0.6 is 11.3 Å². The topological polar surface area (TPSA) is 89.9 Å². The summed E-state index contributed by atoms with van der Waals surface area (Å²) in [5.41, 5.74) is -0.951. The minimum atomic E-state index is -0.630. The zero-order chi connectivity index (χ0) is 19.8. The van der Waals surface area contributed by atoms with Crippen molar-refractivity contribution in [2.75, 3.05) is 11.9 Å². The van der Waals surface area contributed by atoms with Crippen LogP contribution in [0, 0.1) is 0 Å². The molecule has 0 radical (unpaired) electrons. The maximum atomic E-state index is 11.8. The van der Waals surface area contributed by atoms with Gasteiger partial charge < -0.3 is 19.2 Å². The maximum Gasteiger partial charge on any atom is 0.492 e. The molecule has 0 bridgehead atoms. The molecule has 144 valence electrons. The lowest BCUT2D eigenvalue weighted by Crippen LogP contribution is -2.41. The van der Waals surface area contributed by atoms with Crippen LogP contribution in [0.3, 0.4) is 0 Å². The van der Waals surface area contributed by atoms with E-state index in [0.29, 0.717) is 10.6 Å². The van der Waals surface area contributed by atoms with Gasteiger partial charge in [0.25, 0.3) is 0 Å². The number of hydrogen-bond donors (Lipinski definition) is 2. The predicted octanol–water partition coefficient (Wildman–Crippen LogP) is 3.50. The molecule has 9 heteroatoms. The average Bonchev–Trinajstić information content (AvgIpc) is 2.96. The second-order valence-corrected chi connectivity index (χ2v) is 9.22. The number of carbonyl (C=O) groups is 1. The van der Waals surface area contributed by atoms with Gasteiger partial charge in [-0.1, -0.05) is 11.3 Å². The molecule has 7 nitrogen and oxygen atoms in total. The van der Waals surface area contributed by atoms with Crippen molar-refractivity contribution in [1.29, 1.82) is 0 Å². The molecule has 0 unspecified atom stereocenters. The summed E-state index contributed by atoms with van der Waals surface area (Å²) in [7, 11) is -0.630. The Labute approximate surface area is 158 Å². The first-order valence-corrected chi connectivity index (χ1v) is 9.27. The lowest BCUT2D eigenvalue weighted by Gasteiger charge is -2.32. The SMILES string of the molecule is CC(C)(C)OC(=O)Nc1ncc(C=C(CO)B2OC(C)(C)C(C)(C)O2)s1. The van der Waals surface area contributed by atoms with Crippen molar-refractivity contribution in [1.82, 2.24) is 4.98 Å². The second kappa shape index (κ2) is 7.30. The third-order valence-corrected chi connectivity index (χ3v) is 5.06. The van der Waals surface area contributed by atoms with Gasteiger partial charge >= 0.3 is 13.2 Å². The number of amides is 1. The molecule has 1 fully saturated rings. The summed E-state index contributed by atoms with van der Waals surface area (Å²) in [5, 5.41) is 12.7. The van der Waals surface area contributed by atoms with E-state index in [1.54, 1.807) is 33.0 Å². The summed E-state index contributed by atoms with van der Waals surface area (Å²) in [6.45, 7) is 13.0. The molecular formula is C17H27BN2O5S. The molecule has 0 aliphatic carbocycles. The molecule has 0 saturated carbocycles. The third kappa shape index (κ3) is 5.06. The lowest BCUT2D eigenvalue weighted by molar-refractivity contribution is 0.00578. The Kier molecular flexibility index (Phi) is 5.87. The first-order valence-electron chi connectivity index (χ1n) is 8.46. The van der Waals surface area contributed by atoms with E-state index >= 15 is 0 Å². The van der Waals surface area contributed by atoms with Crippen LogP contribution in [0.15, 0.2) is 11.7 Å². The Hall–Kier alpha value is -1.42. The molecule has 0 atom stereocenters. The van der Waals surface area contributed by atoms with Gasteiger partial charge in [0.1, 0.15) is 5.60 Å². The molecule has 1 saturated heterocycles. The van der Waals surface area contributed by atoms with Crippen LogP contribution in [0.5, 0.6) is 0 Å². The van der Waals surface area contributed by atoms with Gasteiger partial charge in [-0.3, -0.25) is 5.32 Å². The van der Waals surface area contributed by atoms with Crippen molar-refractivity contribution in [2.24, 2.45) is 0 Å². The van der Waals surface area contributed by atoms with E-state index in [-0.39, 0.29) is 6.61 Å². The molecule has 2 N–H and O–H groups in total. The van der Waals surface area contributed by atoms with Crippen LogP contribution < -0.4 is 5.32 Å². The summed E-state index contributed by atoms with van der Waals surface area (Å²) in [5.74, 6) is 0. The minimum Gasteiger partial charge on any atom is -0.444 e. The van der Waals surface area contributed by atoms with Crippen LogP contribution in [-0.4, -0.2) is 46.7 Å². The molecule has 1 aromatic rings. The molecule has 2 rings (SSSR count). The first kappa shape index (κ1) is 20.9. The zero-order valence-electron chi connectivity index (χ0n) is 16.4. The third-order valence-electron chi connectivity index (χ3n) is 4.20. The smallest absolute Gasteiger partial charge is 0.444 e. The zero-order valence-corrected chi connectivity index (χ0v) is 17.2. The Morgan fingerprint density at radius 3 is 2.42 bits per heavy atom. The number of aliphatic hydroxyl groups excluding tert-OH is 1. The number of rotatable bonds is 4. The van der Waals surface area contributed by atoms with E-state index < -0.39 is 30.0 Å². The van der Waals surface area contributed by atoms with E-state index in [2.05, 4.69) is 10.3 Å². The van der Waals surface area contributed by atoms with E-state index in [1.165, 1.54) is 11.3 Å². The maximum absolute atomic E-state index is 11.8. The second-order valence-electron chi connectivity index (χ2n) is 8.16. The van der Waals surface area contributed by atoms with Crippen LogP contribution in [0.4, 0.5) is 9.93 Å². The highest BCUT2D eigenvalue weighted by atomic mass is 32.1. The van der Waals surface area contributed by atoms with Crippen LogP contribution in [0.25, 0.3) is 6.08 Å². The Morgan fingerprint density at radius 1 is 1.35 bits per heavy atom. The van der Waals surface area contributed by atoms with Gasteiger partial charge in [0.15, 0.2) is 5.13 Å². The van der Waals surface area contributed by atoms with E-state index in [9.17, 15) is 9.90 Å². The number of ether oxygens (including phenoxy) is 1. The normalized spacial score (nSPS) is 19.5. The van der Waals surface area contributed by atoms with Gasteiger partial charge in [0.2, 0.25) is 0 Å². The van der Waals surface area contributed by atoms with Gasteiger partial charge in [-0.25, -0.2) is 9.78 Å². The molecule has 2 heterocycles. The lowest BCUT2D eigenvalue weighted by atomic mass is 9.78. The van der Waals surface area contributed by atoms with Gasteiger partial charge in [0.05, 0.1) is 17.8 Å². The predicted molar refractivity (Wildman–Crippen MR) is 103 cm³/mol. The van der Waals surface area contributed by atoms with Crippen LogP contribution in [0.2, 0.25) is 0 Å². The molecular weight excluding hydrogens is 355 g/mol. The molecule has 0 spiro atoms. The van der Waals surface area contributed by atoms with Crippen molar-refractivity contribution in [2.45, 2.75) is 65.3 Å². The molecule has 1 aromatic heterocycles. The number of aliphatic hydroxyl groups is 1. The highest BCUT2D eigenvalue weighted by Gasteiger charge is 2.52. The number of aromatic nitrogens is 1. The van der Waals surface area contributed by atoms with Gasteiger partial charge in [-0.15, -0.1) is 0 Å². The number of anilines is 1. The summed E-state index contributed by atoms with van der Waals surface area (Å²) in [4.78, 5) is 16.7. The fourth-order valence-electron chi connectivity index (χ4n) is 2.17. The van der Waals surface area contributed by atoms with Crippen molar-refractivity contribution < 1.29 is 23.9 Å². The molecule has 1 aliphatic heterocycles. The van der Waals surface area contributed by atoms with Gasteiger partial charge in [-0.2, -0.15) is 0 Å². The van der Waals surface area contributed by atoms with Crippen molar-refractivity contribution in [3.63, 3.8) is 0 Å². The summed E-state index contributed by atoms with van der Waals surface area (Å²) in [6.07, 6.45) is 2.81. The standard InChI is InChI=1S/C17H27BN2O5S/c1-15(2,3)23-14(22)20-13-19-9-12(26-13)8-11(10-21)18-24-16(4,5)17(6,7)25-18/h8-9,21H,10H2,1-7H3,(H,19,20,22). The molecule has 26 heavy (non-hydrogen) atoms.